The molecule has 0 spiro atoms. The van der Waals surface area contributed by atoms with Crippen LogP contribution in [-0.4, -0.2) is 27.8 Å². The highest BCUT2D eigenvalue weighted by Crippen LogP contribution is 2.53. The fourth-order valence-electron chi connectivity index (χ4n) is 14.6. The van der Waals surface area contributed by atoms with Crippen molar-refractivity contribution >= 4 is 98.3 Å². The number of imidazole rings is 1. The van der Waals surface area contributed by atoms with E-state index < -0.39 is 0 Å². The van der Waals surface area contributed by atoms with Crippen molar-refractivity contribution in [2.45, 2.75) is 105 Å². The van der Waals surface area contributed by atoms with Crippen LogP contribution in [0.15, 0.2) is 224 Å². The van der Waals surface area contributed by atoms with Crippen molar-refractivity contribution in [2.24, 2.45) is 0 Å². The van der Waals surface area contributed by atoms with Gasteiger partial charge in [0.25, 0.3) is 0 Å². The number of aromatic nitrogens is 6. The minimum Gasteiger partial charge on any atom is -0.307 e. The average molecular weight is 1180 g/mol. The Labute approximate surface area is 531 Å². The second-order valence-electron chi connectivity index (χ2n) is 29.2. The van der Waals surface area contributed by atoms with E-state index in [2.05, 4.69) is 336 Å². The van der Waals surface area contributed by atoms with Crippen LogP contribution >= 0.6 is 0 Å². The van der Waals surface area contributed by atoms with Crippen molar-refractivity contribution < 1.29 is 0 Å². The van der Waals surface area contributed by atoms with Gasteiger partial charge in [0.1, 0.15) is 17.5 Å². The predicted octanol–water partition coefficient (Wildman–Crippen LogP) is 22.1. The molecule has 0 amide bonds. The molecule has 0 unspecified atom stereocenters. The second kappa shape index (κ2) is 19.8. The smallest absolute Gasteiger partial charge is 0.150 e. The molecule has 0 fully saturated rings. The van der Waals surface area contributed by atoms with Crippen LogP contribution in [0.3, 0.4) is 0 Å². The normalized spacial score (nSPS) is 12.8. The van der Waals surface area contributed by atoms with Crippen LogP contribution in [0.2, 0.25) is 0 Å². The van der Waals surface area contributed by atoms with E-state index in [1.807, 2.05) is 0 Å². The summed E-state index contributed by atoms with van der Waals surface area (Å²) in [6.07, 6.45) is 0. The van der Waals surface area contributed by atoms with E-state index in [1.54, 1.807) is 0 Å². The van der Waals surface area contributed by atoms with Gasteiger partial charge in [0.15, 0.2) is 0 Å². The molecular formula is C84H73N7. The highest BCUT2D eigenvalue weighted by Gasteiger charge is 2.38. The van der Waals surface area contributed by atoms with Gasteiger partial charge in [-0.1, -0.05) is 210 Å². The van der Waals surface area contributed by atoms with Gasteiger partial charge in [-0.15, -0.1) is 0 Å². The Kier molecular flexibility index (Phi) is 12.1. The lowest BCUT2D eigenvalue weighted by Crippen LogP contribution is -2.18. The lowest BCUT2D eigenvalue weighted by Gasteiger charge is -2.29. The van der Waals surface area contributed by atoms with Gasteiger partial charge in [-0.05, 0) is 141 Å². The third-order valence-electron chi connectivity index (χ3n) is 19.4. The van der Waals surface area contributed by atoms with Gasteiger partial charge >= 0.3 is 0 Å². The van der Waals surface area contributed by atoms with Crippen molar-refractivity contribution in [2.75, 3.05) is 0 Å². The molecule has 0 atom stereocenters. The molecule has 0 aliphatic rings. The Hall–Kier alpha value is -10.4. The maximum atomic E-state index is 13.4. The van der Waals surface area contributed by atoms with E-state index in [9.17, 15) is 5.26 Å². The summed E-state index contributed by atoms with van der Waals surface area (Å²) in [6, 6.07) is 86.0. The zero-order valence-electron chi connectivity index (χ0n) is 54.0. The molecule has 0 radical (unpaired) electrons. The number of hydrogen-bond donors (Lipinski definition) is 0. The summed E-state index contributed by atoms with van der Waals surface area (Å²) in [5, 5.41) is 22.3. The highest BCUT2D eigenvalue weighted by atomic mass is 15.2. The molecule has 5 heterocycles. The molecule has 16 aromatic rings. The Bertz CT molecular complexity index is 5760. The summed E-state index contributed by atoms with van der Waals surface area (Å²) >= 11 is 0. The first kappa shape index (κ1) is 55.9. The van der Waals surface area contributed by atoms with Gasteiger partial charge in [-0.25, -0.2) is 4.98 Å². The van der Waals surface area contributed by atoms with Crippen LogP contribution in [0.25, 0.3) is 138 Å². The Morgan fingerprint density at radius 2 is 0.593 bits per heavy atom. The topological polar surface area (TPSA) is 61.3 Å². The molecule has 5 aromatic heterocycles. The molecule has 7 heteroatoms. The fourth-order valence-corrected chi connectivity index (χ4v) is 14.6. The first-order chi connectivity index (χ1) is 43.7. The van der Waals surface area contributed by atoms with Gasteiger partial charge in [-0.3, -0.25) is 4.57 Å². The summed E-state index contributed by atoms with van der Waals surface area (Å²) < 4.78 is 12.3. The average Bonchev–Trinajstić information content (AvgIpc) is 1.58. The van der Waals surface area contributed by atoms with Gasteiger partial charge in [0.05, 0.1) is 83.5 Å². The third kappa shape index (κ3) is 8.41. The molecule has 444 valence electrons. The summed E-state index contributed by atoms with van der Waals surface area (Å²) in [4.78, 5) is 6.01. The SMILES string of the molecule is CC(C)(C)c1ccc2c(c1)c1ccccc1n2-c1c(C#N)c(-n2c3ccccc3c3cc(C(C)(C)C)ccc32)c(-n2c3ccccc3c3cc(C(C)(C)C)ccc32)c(-n2c3ccccc3c3cc(C(C)(C)C)ccc32)c1-c1nc2ccccc2n1-c1ccccc1. The predicted molar refractivity (Wildman–Crippen MR) is 383 cm³/mol. The number of nitriles is 1. The van der Waals surface area contributed by atoms with Gasteiger partial charge in [0.2, 0.25) is 0 Å². The monoisotopic (exact) mass is 1180 g/mol. The lowest BCUT2D eigenvalue weighted by atomic mass is 9.86. The van der Waals surface area contributed by atoms with Crippen LogP contribution in [-0.2, 0) is 21.7 Å². The standard InChI is InChI=1S/C84H73N7/c1-81(2,3)51-38-42-70-60(46-51)56-28-16-21-33-66(56)88(70)76-64(50-85)77(89-67-34-22-17-29-57(67)61-47-52(82(4,5)6)39-43-71(61)89)79(91-69-36-24-19-31-59(69)63-49-54(84(10,11)12)41-45-73(63)91)78(75(76)80-86-65-32-20-25-37-74(65)87(80)55-26-14-13-15-27-55)90-68-35-23-18-30-58(68)62-48-53(83(7,8)9)40-44-72(62)90/h13-49H,1-12H3. The second-order valence-corrected chi connectivity index (χ2v) is 29.2. The van der Waals surface area contributed by atoms with Crippen molar-refractivity contribution in [1.82, 2.24) is 27.8 Å². The van der Waals surface area contributed by atoms with Crippen LogP contribution in [0.5, 0.6) is 0 Å². The molecule has 0 aliphatic carbocycles. The molecule has 7 nitrogen and oxygen atoms in total. The number of rotatable bonds is 6. The minimum absolute atomic E-state index is 0.145. The van der Waals surface area contributed by atoms with Crippen LogP contribution < -0.4 is 0 Å². The third-order valence-corrected chi connectivity index (χ3v) is 19.4. The summed E-state index contributed by atoms with van der Waals surface area (Å²) in [5.41, 5.74) is 19.6. The molecule has 91 heavy (non-hydrogen) atoms. The maximum Gasteiger partial charge on any atom is 0.150 e. The van der Waals surface area contributed by atoms with E-state index in [0.29, 0.717) is 11.4 Å². The quantitative estimate of drug-likeness (QED) is 0.167. The minimum atomic E-state index is -0.148. The Morgan fingerprint density at radius 1 is 0.286 bits per heavy atom. The van der Waals surface area contributed by atoms with Crippen LogP contribution in [0.1, 0.15) is 111 Å². The highest BCUT2D eigenvalue weighted by molar-refractivity contribution is 6.17. The largest absolute Gasteiger partial charge is 0.307 e. The fraction of sp³-hybridized carbons (Fsp3) is 0.190. The summed E-state index contributed by atoms with van der Waals surface area (Å²) in [5.74, 6) is 0.698. The lowest BCUT2D eigenvalue weighted by molar-refractivity contribution is 0.591. The van der Waals surface area contributed by atoms with E-state index in [1.165, 1.54) is 22.3 Å². The number of para-hydroxylation sites is 7. The number of benzene rings is 11. The van der Waals surface area contributed by atoms with Crippen molar-refractivity contribution in [3.8, 4) is 45.9 Å². The van der Waals surface area contributed by atoms with Crippen LogP contribution in [0, 0.1) is 11.3 Å². The van der Waals surface area contributed by atoms with Crippen molar-refractivity contribution in [3.05, 3.63) is 252 Å². The molecule has 0 N–H and O–H groups in total. The number of nitrogens with zero attached hydrogens (tertiary/aromatic N) is 7. The zero-order chi connectivity index (χ0) is 62.8. The molecule has 0 bridgehead atoms. The van der Waals surface area contributed by atoms with Gasteiger partial charge in [-0.2, -0.15) is 5.26 Å². The maximum absolute atomic E-state index is 13.4. The summed E-state index contributed by atoms with van der Waals surface area (Å²) in [6.45, 7) is 27.5. The summed E-state index contributed by atoms with van der Waals surface area (Å²) in [7, 11) is 0. The Morgan fingerprint density at radius 3 is 0.967 bits per heavy atom. The first-order valence-corrected chi connectivity index (χ1v) is 32.0. The van der Waals surface area contributed by atoms with E-state index in [-0.39, 0.29) is 21.7 Å². The van der Waals surface area contributed by atoms with Gasteiger partial charge < -0.3 is 18.3 Å². The van der Waals surface area contributed by atoms with E-state index >= 15 is 0 Å². The molecule has 0 aliphatic heterocycles. The van der Waals surface area contributed by atoms with Crippen LogP contribution in [0.4, 0.5) is 0 Å². The Balaban J connectivity index is 1.28. The molecular weight excluding hydrogens is 1110 g/mol. The van der Waals surface area contributed by atoms with Crippen molar-refractivity contribution in [1.29, 1.82) is 5.26 Å². The number of fused-ring (bicyclic) bond motifs is 13. The van der Waals surface area contributed by atoms with Crippen molar-refractivity contribution in [3.63, 3.8) is 0 Å². The van der Waals surface area contributed by atoms with E-state index in [4.69, 9.17) is 4.98 Å². The van der Waals surface area contributed by atoms with Gasteiger partial charge in [0, 0.05) is 48.8 Å². The molecule has 16 rings (SSSR count). The molecule has 0 saturated heterocycles. The molecule has 0 saturated carbocycles. The number of hydrogen-bond acceptors (Lipinski definition) is 2. The molecule has 11 aromatic carbocycles. The van der Waals surface area contributed by atoms with E-state index in [0.717, 1.165) is 132 Å². The zero-order valence-corrected chi connectivity index (χ0v) is 54.0. The first-order valence-electron chi connectivity index (χ1n) is 32.0.